The first-order valence-corrected chi connectivity index (χ1v) is 5.71. The monoisotopic (exact) mass is 243 g/mol. The van der Waals surface area contributed by atoms with E-state index in [4.69, 9.17) is 4.74 Å². The average molecular weight is 243 g/mol. The molecule has 0 aliphatic rings. The highest BCUT2D eigenvalue weighted by Gasteiger charge is 2.20. The second kappa shape index (κ2) is 9.84. The molecule has 0 aromatic heterocycles. The largest absolute Gasteiger partial charge is 0.467 e. The predicted molar refractivity (Wildman–Crippen MR) is 64.5 cm³/mol. The fraction of sp³-hybridized carbons (Fsp3) is 0.667. The molecule has 5 heteroatoms. The van der Waals surface area contributed by atoms with Crippen LogP contribution in [-0.2, 0) is 19.1 Å². The molecular formula is C12H21NO4. The average Bonchev–Trinajstić information content (AvgIpc) is 2.34. The number of nitrogens with one attached hydrogen (secondary N) is 1. The van der Waals surface area contributed by atoms with Crippen LogP contribution in [0.3, 0.4) is 0 Å². The van der Waals surface area contributed by atoms with E-state index in [-0.39, 0.29) is 12.5 Å². The molecule has 0 fully saturated rings. The number of rotatable bonds is 9. The van der Waals surface area contributed by atoms with Crippen LogP contribution in [0.5, 0.6) is 0 Å². The van der Waals surface area contributed by atoms with Crippen molar-refractivity contribution in [2.45, 2.75) is 32.2 Å². The van der Waals surface area contributed by atoms with E-state index in [1.807, 2.05) is 0 Å². The van der Waals surface area contributed by atoms with Crippen LogP contribution in [0.25, 0.3) is 0 Å². The van der Waals surface area contributed by atoms with Gasteiger partial charge in [-0.2, -0.15) is 0 Å². The first kappa shape index (κ1) is 15.6. The predicted octanol–water partition coefficient (Wildman–Crippen LogP) is 1.04. The molecule has 0 unspecified atom stereocenters. The summed E-state index contributed by atoms with van der Waals surface area (Å²) in [4.78, 5) is 22.8. The molecule has 0 aliphatic heterocycles. The van der Waals surface area contributed by atoms with Crippen LogP contribution in [0.1, 0.15) is 26.2 Å². The minimum absolute atomic E-state index is 0.0363. The van der Waals surface area contributed by atoms with Gasteiger partial charge in [-0.25, -0.2) is 4.79 Å². The molecule has 98 valence electrons. The first-order chi connectivity index (χ1) is 8.15. The number of methoxy groups -OCH3 is 1. The van der Waals surface area contributed by atoms with E-state index >= 15 is 0 Å². The van der Waals surface area contributed by atoms with Gasteiger partial charge in [0, 0.05) is 6.61 Å². The van der Waals surface area contributed by atoms with E-state index in [1.165, 1.54) is 7.11 Å². The lowest BCUT2D eigenvalue weighted by Gasteiger charge is -2.15. The summed E-state index contributed by atoms with van der Waals surface area (Å²) in [6, 6.07) is -0.604. The van der Waals surface area contributed by atoms with Crippen molar-refractivity contribution in [3.8, 4) is 0 Å². The van der Waals surface area contributed by atoms with Gasteiger partial charge >= 0.3 is 5.97 Å². The molecule has 1 amide bonds. The summed E-state index contributed by atoms with van der Waals surface area (Å²) in [5.41, 5.74) is 0. The molecule has 0 aromatic rings. The summed E-state index contributed by atoms with van der Waals surface area (Å²) in [6.07, 6.45) is 3.89. The number of hydrogen-bond acceptors (Lipinski definition) is 4. The zero-order valence-corrected chi connectivity index (χ0v) is 10.5. The van der Waals surface area contributed by atoms with E-state index in [2.05, 4.69) is 16.6 Å². The minimum atomic E-state index is -0.604. The Labute approximate surface area is 102 Å². The van der Waals surface area contributed by atoms with E-state index in [0.717, 1.165) is 12.8 Å². The molecule has 1 atom stereocenters. The van der Waals surface area contributed by atoms with Crippen LogP contribution in [-0.4, -0.2) is 38.2 Å². The molecule has 0 saturated heterocycles. The Morgan fingerprint density at radius 1 is 1.47 bits per heavy atom. The topological polar surface area (TPSA) is 64.6 Å². The van der Waals surface area contributed by atoms with Gasteiger partial charge in [0.25, 0.3) is 0 Å². The minimum Gasteiger partial charge on any atom is -0.467 e. The van der Waals surface area contributed by atoms with Crippen molar-refractivity contribution in [1.29, 1.82) is 0 Å². The molecular weight excluding hydrogens is 222 g/mol. The highest BCUT2D eigenvalue weighted by atomic mass is 16.5. The normalized spacial score (nSPS) is 11.6. The number of esters is 1. The van der Waals surface area contributed by atoms with Gasteiger partial charge in [-0.15, -0.1) is 6.58 Å². The lowest BCUT2D eigenvalue weighted by Crippen LogP contribution is -2.43. The Morgan fingerprint density at radius 3 is 2.71 bits per heavy atom. The fourth-order valence-corrected chi connectivity index (χ4v) is 1.29. The van der Waals surface area contributed by atoms with Gasteiger partial charge in [0.05, 0.1) is 7.11 Å². The van der Waals surface area contributed by atoms with Gasteiger partial charge in [0.15, 0.2) is 0 Å². The highest BCUT2D eigenvalue weighted by molar-refractivity contribution is 5.84. The zero-order valence-electron chi connectivity index (χ0n) is 10.5. The molecule has 17 heavy (non-hydrogen) atoms. The summed E-state index contributed by atoms with van der Waals surface area (Å²) in [5.74, 6) is -0.736. The van der Waals surface area contributed by atoms with Gasteiger partial charge in [-0.1, -0.05) is 6.08 Å². The Morgan fingerprint density at radius 2 is 2.18 bits per heavy atom. The summed E-state index contributed by atoms with van der Waals surface area (Å²) >= 11 is 0. The summed E-state index contributed by atoms with van der Waals surface area (Å²) in [6.45, 7) is 5.83. The number of hydrogen-bond donors (Lipinski definition) is 1. The van der Waals surface area contributed by atoms with Crippen LogP contribution in [0.15, 0.2) is 12.7 Å². The third-order valence-electron chi connectivity index (χ3n) is 2.16. The summed E-state index contributed by atoms with van der Waals surface area (Å²) < 4.78 is 9.58. The van der Waals surface area contributed by atoms with Crippen LogP contribution in [0.4, 0.5) is 0 Å². The molecule has 0 saturated carbocycles. The lowest BCUT2D eigenvalue weighted by molar-refractivity contribution is -0.145. The van der Waals surface area contributed by atoms with Crippen molar-refractivity contribution in [2.75, 3.05) is 20.3 Å². The summed E-state index contributed by atoms with van der Waals surface area (Å²) in [5, 5.41) is 2.59. The van der Waals surface area contributed by atoms with Crippen molar-refractivity contribution in [3.05, 3.63) is 12.7 Å². The maximum absolute atomic E-state index is 11.4. The van der Waals surface area contributed by atoms with E-state index in [9.17, 15) is 9.59 Å². The van der Waals surface area contributed by atoms with Gasteiger partial charge in [0.2, 0.25) is 5.91 Å². The van der Waals surface area contributed by atoms with Crippen molar-refractivity contribution < 1.29 is 19.1 Å². The van der Waals surface area contributed by atoms with E-state index in [1.54, 1.807) is 13.0 Å². The highest BCUT2D eigenvalue weighted by Crippen LogP contribution is 2.03. The van der Waals surface area contributed by atoms with Crippen molar-refractivity contribution in [2.24, 2.45) is 0 Å². The molecule has 0 aromatic carbocycles. The third-order valence-corrected chi connectivity index (χ3v) is 2.16. The Hall–Kier alpha value is -1.36. The van der Waals surface area contributed by atoms with Crippen LogP contribution in [0.2, 0.25) is 0 Å². The smallest absolute Gasteiger partial charge is 0.328 e. The maximum Gasteiger partial charge on any atom is 0.328 e. The molecule has 0 rings (SSSR count). The zero-order chi connectivity index (χ0) is 13.1. The van der Waals surface area contributed by atoms with Gasteiger partial charge in [-0.3, -0.25) is 4.79 Å². The second-order valence-corrected chi connectivity index (χ2v) is 3.50. The molecule has 1 N–H and O–H groups in total. The Balaban J connectivity index is 4.12. The fourth-order valence-electron chi connectivity index (χ4n) is 1.29. The standard InChI is InChI=1S/C12H21NO4/c1-4-6-7-8-10(12(15)16-3)13-11(14)9-17-5-2/h4,10H,1,5-9H2,2-3H3,(H,13,14)/t10-/m1/s1. The number of allylic oxidation sites excluding steroid dienone is 1. The Kier molecular flexibility index (Phi) is 9.05. The quantitative estimate of drug-likeness (QED) is 0.373. The number of ether oxygens (including phenoxy) is 2. The van der Waals surface area contributed by atoms with Crippen LogP contribution >= 0.6 is 0 Å². The molecule has 0 heterocycles. The van der Waals surface area contributed by atoms with Gasteiger partial charge in [0.1, 0.15) is 12.6 Å². The number of carbonyl (C=O) groups excluding carboxylic acids is 2. The molecule has 5 nitrogen and oxygen atoms in total. The Bertz CT molecular complexity index is 253. The van der Waals surface area contributed by atoms with E-state index in [0.29, 0.717) is 13.0 Å². The molecule has 0 aliphatic carbocycles. The number of carbonyl (C=O) groups is 2. The summed E-state index contributed by atoms with van der Waals surface area (Å²) in [7, 11) is 1.30. The van der Waals surface area contributed by atoms with Crippen molar-refractivity contribution >= 4 is 11.9 Å². The van der Waals surface area contributed by atoms with Crippen LogP contribution in [0, 0.1) is 0 Å². The molecule has 0 spiro atoms. The van der Waals surface area contributed by atoms with Crippen molar-refractivity contribution in [3.63, 3.8) is 0 Å². The molecule has 0 radical (unpaired) electrons. The van der Waals surface area contributed by atoms with Gasteiger partial charge in [-0.05, 0) is 26.2 Å². The molecule has 0 bridgehead atoms. The van der Waals surface area contributed by atoms with Crippen molar-refractivity contribution in [1.82, 2.24) is 5.32 Å². The lowest BCUT2D eigenvalue weighted by atomic mass is 10.1. The second-order valence-electron chi connectivity index (χ2n) is 3.50. The van der Waals surface area contributed by atoms with Crippen LogP contribution < -0.4 is 5.32 Å². The number of unbranched alkanes of at least 4 members (excludes halogenated alkanes) is 1. The maximum atomic E-state index is 11.4. The number of amides is 1. The first-order valence-electron chi connectivity index (χ1n) is 5.71. The SMILES string of the molecule is C=CCCC[C@@H](NC(=O)COCC)C(=O)OC. The third kappa shape index (κ3) is 7.52. The van der Waals surface area contributed by atoms with E-state index < -0.39 is 12.0 Å². The van der Waals surface area contributed by atoms with Gasteiger partial charge < -0.3 is 14.8 Å².